The second-order valence-corrected chi connectivity index (χ2v) is 8.80. The first-order valence-electron chi connectivity index (χ1n) is 11.5. The molecule has 3 aliphatic rings. The number of rotatable bonds is 5. The highest BCUT2D eigenvalue weighted by atomic mass is 16.5. The number of oxazole rings is 1. The molecule has 2 unspecified atom stereocenters. The Bertz CT molecular complexity index is 688. The third-order valence-electron chi connectivity index (χ3n) is 6.67. The summed E-state index contributed by atoms with van der Waals surface area (Å²) >= 11 is 0. The summed E-state index contributed by atoms with van der Waals surface area (Å²) in [4.78, 5) is 13.8. The molecule has 30 heavy (non-hydrogen) atoms. The summed E-state index contributed by atoms with van der Waals surface area (Å²) < 4.78 is 17.6. The van der Waals surface area contributed by atoms with E-state index in [1.807, 2.05) is 20.9 Å². The van der Waals surface area contributed by atoms with E-state index in [1.165, 1.54) is 12.8 Å². The van der Waals surface area contributed by atoms with Gasteiger partial charge >= 0.3 is 0 Å². The maximum atomic E-state index is 5.98. The molecule has 0 aliphatic carbocycles. The monoisotopic (exact) mass is 419 g/mol. The molecule has 1 aromatic heterocycles. The molecule has 0 aromatic carbocycles. The number of morpholine rings is 1. The largest absolute Gasteiger partial charge is 0.444 e. The zero-order chi connectivity index (χ0) is 20.9. The number of guanidine groups is 1. The summed E-state index contributed by atoms with van der Waals surface area (Å²) in [5.74, 6) is 3.44. The van der Waals surface area contributed by atoms with Crippen LogP contribution >= 0.6 is 0 Å². The molecule has 168 valence electrons. The molecule has 3 saturated heterocycles. The van der Waals surface area contributed by atoms with Gasteiger partial charge in [0.25, 0.3) is 0 Å². The van der Waals surface area contributed by atoms with Crippen LogP contribution in [0.25, 0.3) is 0 Å². The van der Waals surface area contributed by atoms with Crippen molar-refractivity contribution in [3.05, 3.63) is 17.3 Å². The van der Waals surface area contributed by atoms with Crippen LogP contribution in [0.1, 0.15) is 43.0 Å². The topological polar surface area (TPSA) is 75.4 Å². The van der Waals surface area contributed by atoms with Gasteiger partial charge in [-0.3, -0.25) is 9.89 Å². The Labute approximate surface area is 180 Å². The lowest BCUT2D eigenvalue weighted by molar-refractivity contribution is -0.0817. The SMILES string of the molecule is CN=C(NCC1CCN(Cc2nc(C)c(C)o2)CC1)N1CCOC(C2CCCO2)C1. The average molecular weight is 420 g/mol. The van der Waals surface area contributed by atoms with Crippen molar-refractivity contribution in [2.75, 3.05) is 53.0 Å². The van der Waals surface area contributed by atoms with E-state index in [4.69, 9.17) is 13.9 Å². The number of piperidine rings is 1. The van der Waals surface area contributed by atoms with Crippen molar-refractivity contribution in [3.63, 3.8) is 0 Å². The summed E-state index contributed by atoms with van der Waals surface area (Å²) in [5.41, 5.74) is 1.00. The lowest BCUT2D eigenvalue weighted by Gasteiger charge is -2.38. The highest BCUT2D eigenvalue weighted by Crippen LogP contribution is 2.22. The van der Waals surface area contributed by atoms with E-state index in [0.29, 0.717) is 5.92 Å². The molecule has 0 spiro atoms. The lowest BCUT2D eigenvalue weighted by atomic mass is 9.97. The fraction of sp³-hybridized carbons (Fsp3) is 0.818. The van der Waals surface area contributed by atoms with Gasteiger partial charge in [0.05, 0.1) is 24.9 Å². The second-order valence-electron chi connectivity index (χ2n) is 8.80. The molecule has 8 heteroatoms. The minimum Gasteiger partial charge on any atom is -0.444 e. The summed E-state index contributed by atoms with van der Waals surface area (Å²) in [6.45, 7) is 11.3. The van der Waals surface area contributed by atoms with E-state index in [0.717, 1.165) is 88.6 Å². The molecule has 1 N–H and O–H groups in total. The molecular weight excluding hydrogens is 382 g/mol. The Kier molecular flexibility index (Phi) is 7.28. The Morgan fingerprint density at radius 2 is 1.90 bits per heavy atom. The van der Waals surface area contributed by atoms with Gasteiger partial charge in [0.1, 0.15) is 11.9 Å². The molecule has 0 amide bonds. The van der Waals surface area contributed by atoms with E-state index in [2.05, 4.69) is 25.1 Å². The van der Waals surface area contributed by atoms with Gasteiger partial charge in [-0.2, -0.15) is 0 Å². The molecular formula is C22H37N5O3. The first kappa shape index (κ1) is 21.6. The van der Waals surface area contributed by atoms with Crippen molar-refractivity contribution in [2.45, 2.75) is 58.3 Å². The number of nitrogens with zero attached hydrogens (tertiary/aromatic N) is 4. The zero-order valence-corrected chi connectivity index (χ0v) is 18.7. The molecule has 0 radical (unpaired) electrons. The fourth-order valence-corrected chi connectivity index (χ4v) is 4.70. The third kappa shape index (κ3) is 5.34. The molecule has 3 aliphatic heterocycles. The number of aryl methyl sites for hydroxylation is 2. The second kappa shape index (κ2) is 10.1. The van der Waals surface area contributed by atoms with Crippen molar-refractivity contribution in [1.29, 1.82) is 0 Å². The highest BCUT2D eigenvalue weighted by Gasteiger charge is 2.32. The Balaban J connectivity index is 1.20. The fourth-order valence-electron chi connectivity index (χ4n) is 4.70. The van der Waals surface area contributed by atoms with Gasteiger partial charge in [0.2, 0.25) is 5.89 Å². The standard InChI is InChI=1S/C22H37N5O3/c1-16-17(2)30-21(25-16)15-26-8-6-18(7-9-26)13-24-22(23-3)27-10-12-29-20(14-27)19-5-4-11-28-19/h18-20H,4-15H2,1-3H3,(H,23,24). The summed E-state index contributed by atoms with van der Waals surface area (Å²) in [6.07, 6.45) is 5.02. The van der Waals surface area contributed by atoms with Crippen LogP contribution in [-0.2, 0) is 16.0 Å². The number of nitrogens with one attached hydrogen (secondary N) is 1. The minimum atomic E-state index is 0.158. The van der Waals surface area contributed by atoms with Crippen molar-refractivity contribution in [1.82, 2.24) is 20.1 Å². The number of likely N-dealkylation sites (tertiary alicyclic amines) is 1. The molecule has 4 heterocycles. The molecule has 1 aromatic rings. The predicted octanol–water partition coefficient (Wildman–Crippen LogP) is 1.96. The number of ether oxygens (including phenoxy) is 2. The van der Waals surface area contributed by atoms with Crippen molar-refractivity contribution >= 4 is 5.96 Å². The van der Waals surface area contributed by atoms with Crippen molar-refractivity contribution in [2.24, 2.45) is 10.9 Å². The maximum Gasteiger partial charge on any atom is 0.208 e. The normalized spacial score (nSPS) is 27.0. The number of hydrogen-bond donors (Lipinski definition) is 1. The third-order valence-corrected chi connectivity index (χ3v) is 6.67. The van der Waals surface area contributed by atoms with E-state index < -0.39 is 0 Å². The molecule has 2 atom stereocenters. The van der Waals surface area contributed by atoms with Crippen LogP contribution in [0.3, 0.4) is 0 Å². The molecule has 8 nitrogen and oxygen atoms in total. The van der Waals surface area contributed by atoms with Crippen LogP contribution in [0.2, 0.25) is 0 Å². The first-order chi connectivity index (χ1) is 14.6. The maximum absolute atomic E-state index is 5.98. The molecule has 0 saturated carbocycles. The zero-order valence-electron chi connectivity index (χ0n) is 18.7. The Hall–Kier alpha value is -1.64. The van der Waals surface area contributed by atoms with E-state index in [9.17, 15) is 0 Å². The average Bonchev–Trinajstić information content (AvgIpc) is 3.40. The highest BCUT2D eigenvalue weighted by molar-refractivity contribution is 5.80. The van der Waals surface area contributed by atoms with Crippen molar-refractivity contribution < 1.29 is 13.9 Å². The molecule has 3 fully saturated rings. The number of hydrogen-bond acceptors (Lipinski definition) is 6. The minimum absolute atomic E-state index is 0.158. The van der Waals surface area contributed by atoms with E-state index in [-0.39, 0.29) is 12.2 Å². The van der Waals surface area contributed by atoms with Crippen LogP contribution in [0.5, 0.6) is 0 Å². The van der Waals surface area contributed by atoms with Gasteiger partial charge in [-0.15, -0.1) is 0 Å². The van der Waals surface area contributed by atoms with Crippen molar-refractivity contribution in [3.8, 4) is 0 Å². The molecule has 4 rings (SSSR count). The van der Waals surface area contributed by atoms with E-state index >= 15 is 0 Å². The predicted molar refractivity (Wildman–Crippen MR) is 116 cm³/mol. The first-order valence-corrected chi connectivity index (χ1v) is 11.5. The Morgan fingerprint density at radius 3 is 2.57 bits per heavy atom. The van der Waals surface area contributed by atoms with Crippen LogP contribution in [0.15, 0.2) is 9.41 Å². The van der Waals surface area contributed by atoms with Gasteiger partial charge in [0, 0.05) is 33.3 Å². The van der Waals surface area contributed by atoms with Gasteiger partial charge in [-0.05, 0) is 58.5 Å². The van der Waals surface area contributed by atoms with Crippen LogP contribution in [0, 0.1) is 19.8 Å². The number of aromatic nitrogens is 1. The van der Waals surface area contributed by atoms with Gasteiger partial charge in [-0.25, -0.2) is 4.98 Å². The Morgan fingerprint density at radius 1 is 1.10 bits per heavy atom. The quantitative estimate of drug-likeness (QED) is 0.578. The van der Waals surface area contributed by atoms with Gasteiger partial charge in [0.15, 0.2) is 5.96 Å². The van der Waals surface area contributed by atoms with Crippen LogP contribution in [0.4, 0.5) is 0 Å². The summed E-state index contributed by atoms with van der Waals surface area (Å²) in [7, 11) is 1.88. The van der Waals surface area contributed by atoms with Crippen LogP contribution < -0.4 is 5.32 Å². The number of aliphatic imine (C=N–C) groups is 1. The smallest absolute Gasteiger partial charge is 0.208 e. The summed E-state index contributed by atoms with van der Waals surface area (Å²) in [6, 6.07) is 0. The summed E-state index contributed by atoms with van der Waals surface area (Å²) in [5, 5.41) is 3.63. The van der Waals surface area contributed by atoms with Crippen LogP contribution in [-0.4, -0.2) is 85.9 Å². The van der Waals surface area contributed by atoms with Gasteiger partial charge in [-0.1, -0.05) is 0 Å². The van der Waals surface area contributed by atoms with Gasteiger partial charge < -0.3 is 24.1 Å². The van der Waals surface area contributed by atoms with E-state index in [1.54, 1.807) is 0 Å². The molecule has 0 bridgehead atoms. The lowest BCUT2D eigenvalue weighted by Crippen LogP contribution is -2.54.